The molecular weight excluding hydrogens is 403 g/mol. The minimum Gasteiger partial charge on any atom is -0.311 e. The van der Waals surface area contributed by atoms with Gasteiger partial charge >= 0.3 is 0 Å². The van der Waals surface area contributed by atoms with Gasteiger partial charge in [0.2, 0.25) is 10.0 Å². The van der Waals surface area contributed by atoms with E-state index in [0.29, 0.717) is 24.2 Å². The van der Waals surface area contributed by atoms with E-state index < -0.39 is 10.0 Å². The SMILES string of the molecule is O=c1ccc(-c2ccccc2F)c2n1C[C@@H]1C[C@@H]2CN(S(=O)(=O)c2ccccc2)C1. The van der Waals surface area contributed by atoms with Gasteiger partial charge in [0.05, 0.1) is 4.90 Å². The van der Waals surface area contributed by atoms with Gasteiger partial charge in [-0.05, 0) is 36.6 Å². The van der Waals surface area contributed by atoms with Gasteiger partial charge in [-0.25, -0.2) is 12.8 Å². The topological polar surface area (TPSA) is 59.4 Å². The summed E-state index contributed by atoms with van der Waals surface area (Å²) in [4.78, 5) is 12.9. The Morgan fingerprint density at radius 3 is 2.33 bits per heavy atom. The Balaban J connectivity index is 1.60. The summed E-state index contributed by atoms with van der Waals surface area (Å²) < 4.78 is 44.2. The number of halogens is 1. The highest BCUT2D eigenvalue weighted by atomic mass is 32.2. The van der Waals surface area contributed by atoms with Crippen LogP contribution in [0.2, 0.25) is 0 Å². The highest BCUT2D eigenvalue weighted by molar-refractivity contribution is 7.89. The van der Waals surface area contributed by atoms with Crippen LogP contribution in [0.1, 0.15) is 18.0 Å². The Morgan fingerprint density at radius 1 is 0.833 bits per heavy atom. The molecule has 2 aliphatic heterocycles. The number of hydrogen-bond donors (Lipinski definition) is 0. The third-order valence-electron chi connectivity index (χ3n) is 6.10. The predicted octanol–water partition coefficient (Wildman–Crippen LogP) is 3.46. The molecule has 0 aliphatic carbocycles. The number of rotatable bonds is 3. The van der Waals surface area contributed by atoms with Gasteiger partial charge in [0.15, 0.2) is 0 Å². The first-order chi connectivity index (χ1) is 14.4. The first-order valence-electron chi connectivity index (χ1n) is 9.99. The lowest BCUT2D eigenvalue weighted by Crippen LogP contribution is -2.49. The van der Waals surface area contributed by atoms with E-state index >= 15 is 0 Å². The summed E-state index contributed by atoms with van der Waals surface area (Å²) >= 11 is 0. The molecular formula is C23H21FN2O3S. The number of benzene rings is 2. The van der Waals surface area contributed by atoms with E-state index in [1.54, 1.807) is 59.2 Å². The molecule has 2 aliphatic rings. The van der Waals surface area contributed by atoms with Gasteiger partial charge in [-0.1, -0.05) is 36.4 Å². The zero-order chi connectivity index (χ0) is 20.9. The largest absolute Gasteiger partial charge is 0.311 e. The molecule has 2 aromatic carbocycles. The Bertz CT molecular complexity index is 1270. The third-order valence-corrected chi connectivity index (χ3v) is 7.95. The maximum absolute atomic E-state index is 14.6. The quantitative estimate of drug-likeness (QED) is 0.647. The van der Waals surface area contributed by atoms with Crippen LogP contribution >= 0.6 is 0 Å². The average Bonchev–Trinajstić information content (AvgIpc) is 2.75. The Morgan fingerprint density at radius 2 is 1.57 bits per heavy atom. The number of piperidine rings is 1. The molecule has 154 valence electrons. The zero-order valence-corrected chi connectivity index (χ0v) is 17.1. The van der Waals surface area contributed by atoms with E-state index in [-0.39, 0.29) is 34.7 Å². The van der Waals surface area contributed by atoms with Gasteiger partial charge in [0, 0.05) is 48.4 Å². The first-order valence-corrected chi connectivity index (χ1v) is 11.4. The molecule has 0 radical (unpaired) electrons. The van der Waals surface area contributed by atoms with Crippen LogP contribution in [0.4, 0.5) is 4.39 Å². The number of aromatic nitrogens is 1. The zero-order valence-electron chi connectivity index (χ0n) is 16.2. The van der Waals surface area contributed by atoms with Crippen LogP contribution in [0.3, 0.4) is 0 Å². The summed E-state index contributed by atoms with van der Waals surface area (Å²) in [6, 6.07) is 18.0. The van der Waals surface area contributed by atoms with E-state index in [4.69, 9.17) is 0 Å². The monoisotopic (exact) mass is 424 g/mol. The molecule has 0 unspecified atom stereocenters. The molecule has 3 heterocycles. The van der Waals surface area contributed by atoms with E-state index in [2.05, 4.69) is 0 Å². The molecule has 0 N–H and O–H groups in total. The fourth-order valence-electron chi connectivity index (χ4n) is 4.82. The van der Waals surface area contributed by atoms with E-state index in [0.717, 1.165) is 12.1 Å². The van der Waals surface area contributed by atoms with Crippen molar-refractivity contribution in [2.75, 3.05) is 13.1 Å². The van der Waals surface area contributed by atoms with Crippen LogP contribution in [-0.2, 0) is 16.6 Å². The molecule has 2 bridgehead atoms. The van der Waals surface area contributed by atoms with Crippen molar-refractivity contribution in [2.24, 2.45) is 5.92 Å². The molecule has 0 saturated carbocycles. The third kappa shape index (κ3) is 3.09. The standard InChI is InChI=1S/C23H21FN2O3S/c24-21-9-5-4-8-19(21)20-10-11-22(27)26-14-16-12-17(23(20)26)15-25(13-16)30(28,29)18-6-2-1-3-7-18/h1-11,16-17H,12-15H2/t16-,17-/m1/s1. The number of hydrogen-bond acceptors (Lipinski definition) is 3. The molecule has 7 heteroatoms. The normalized spacial score (nSPS) is 21.2. The van der Waals surface area contributed by atoms with Gasteiger partial charge < -0.3 is 4.57 Å². The van der Waals surface area contributed by atoms with Gasteiger partial charge in [0.25, 0.3) is 5.56 Å². The van der Waals surface area contributed by atoms with Crippen LogP contribution in [0, 0.1) is 11.7 Å². The van der Waals surface area contributed by atoms with Crippen LogP contribution in [0.5, 0.6) is 0 Å². The van der Waals surface area contributed by atoms with Crippen LogP contribution in [-0.4, -0.2) is 30.4 Å². The molecule has 2 atom stereocenters. The second-order valence-corrected chi connectivity index (χ2v) is 9.93. The summed E-state index contributed by atoms with van der Waals surface area (Å²) in [5.41, 5.74) is 1.70. The van der Waals surface area contributed by atoms with Crippen molar-refractivity contribution in [3.63, 3.8) is 0 Å². The molecule has 3 aromatic rings. The predicted molar refractivity (Wildman–Crippen MR) is 112 cm³/mol. The number of fused-ring (bicyclic) bond motifs is 4. The van der Waals surface area contributed by atoms with Crippen molar-refractivity contribution in [1.82, 2.24) is 8.87 Å². The summed E-state index contributed by atoms with van der Waals surface area (Å²) in [7, 11) is -3.63. The maximum atomic E-state index is 14.6. The van der Waals surface area contributed by atoms with Gasteiger partial charge in [-0.3, -0.25) is 4.79 Å². The fraction of sp³-hybridized carbons (Fsp3) is 0.261. The summed E-state index contributed by atoms with van der Waals surface area (Å²) in [6.45, 7) is 1.09. The summed E-state index contributed by atoms with van der Waals surface area (Å²) in [5.74, 6) is -0.478. The molecule has 5 nitrogen and oxygen atoms in total. The van der Waals surface area contributed by atoms with Gasteiger partial charge in [-0.2, -0.15) is 4.31 Å². The van der Waals surface area contributed by atoms with E-state index in [1.807, 2.05) is 0 Å². The lowest BCUT2D eigenvalue weighted by atomic mass is 9.81. The number of nitrogens with zero attached hydrogens (tertiary/aromatic N) is 2. The molecule has 5 rings (SSSR count). The van der Waals surface area contributed by atoms with Crippen molar-refractivity contribution in [3.8, 4) is 11.1 Å². The molecule has 1 saturated heterocycles. The van der Waals surface area contributed by atoms with E-state index in [1.165, 1.54) is 16.4 Å². The minimum atomic E-state index is -3.63. The lowest BCUT2D eigenvalue weighted by Gasteiger charge is -2.42. The number of pyridine rings is 1. The maximum Gasteiger partial charge on any atom is 0.250 e. The fourth-order valence-corrected chi connectivity index (χ4v) is 6.40. The highest BCUT2D eigenvalue weighted by Crippen LogP contribution is 2.41. The van der Waals surface area contributed by atoms with Crippen molar-refractivity contribution < 1.29 is 12.8 Å². The second kappa shape index (κ2) is 7.18. The molecule has 0 amide bonds. The van der Waals surface area contributed by atoms with Crippen molar-refractivity contribution in [1.29, 1.82) is 0 Å². The van der Waals surface area contributed by atoms with Crippen LogP contribution in [0.25, 0.3) is 11.1 Å². The van der Waals surface area contributed by atoms with Crippen molar-refractivity contribution >= 4 is 10.0 Å². The molecule has 30 heavy (non-hydrogen) atoms. The van der Waals surface area contributed by atoms with Gasteiger partial charge in [-0.15, -0.1) is 0 Å². The van der Waals surface area contributed by atoms with Crippen LogP contribution < -0.4 is 5.56 Å². The minimum absolute atomic E-state index is 0.0447. The molecule has 1 aromatic heterocycles. The first kappa shape index (κ1) is 19.2. The summed E-state index contributed by atoms with van der Waals surface area (Å²) in [6.07, 6.45) is 0.783. The second-order valence-electron chi connectivity index (χ2n) is 7.99. The van der Waals surface area contributed by atoms with E-state index in [9.17, 15) is 17.6 Å². The van der Waals surface area contributed by atoms with Crippen LogP contribution in [0.15, 0.2) is 76.4 Å². The Hall–Kier alpha value is -2.77. The smallest absolute Gasteiger partial charge is 0.250 e. The summed E-state index contributed by atoms with van der Waals surface area (Å²) in [5, 5.41) is 0. The number of sulfonamides is 1. The highest BCUT2D eigenvalue weighted by Gasteiger charge is 2.40. The Labute approximate surface area is 174 Å². The van der Waals surface area contributed by atoms with Gasteiger partial charge in [0.1, 0.15) is 5.82 Å². The van der Waals surface area contributed by atoms with Crippen molar-refractivity contribution in [3.05, 3.63) is 88.6 Å². The molecule has 1 fully saturated rings. The average molecular weight is 424 g/mol. The lowest BCUT2D eigenvalue weighted by molar-refractivity contribution is 0.187. The van der Waals surface area contributed by atoms with Crippen molar-refractivity contribution in [2.45, 2.75) is 23.8 Å². The molecule has 0 spiro atoms. The Kier molecular flexibility index (Phi) is 4.60.